The highest BCUT2D eigenvalue weighted by atomic mass is 16.5. The zero-order valence-electron chi connectivity index (χ0n) is 19.1. The molecule has 0 saturated heterocycles. The average Bonchev–Trinajstić information content (AvgIpc) is 2.84. The van der Waals surface area contributed by atoms with E-state index in [2.05, 4.69) is 10.6 Å². The zero-order chi connectivity index (χ0) is 24.1. The van der Waals surface area contributed by atoms with Gasteiger partial charge >= 0.3 is 5.97 Å². The number of ether oxygens (including phenoxy) is 3. The van der Waals surface area contributed by atoms with Crippen molar-refractivity contribution in [3.8, 4) is 17.6 Å². The molecule has 0 aliphatic heterocycles. The SMILES string of the molecule is CCCCOC(=O)c1ccccc1N/C=C(/C#N)C(=O)NCCc1ccc(OC)c(OC)c1. The molecule has 0 radical (unpaired) electrons. The number of nitriles is 1. The lowest BCUT2D eigenvalue weighted by atomic mass is 10.1. The molecule has 174 valence electrons. The number of carbonyl (C=O) groups excluding carboxylic acids is 2. The Morgan fingerprint density at radius 2 is 1.85 bits per heavy atom. The van der Waals surface area contributed by atoms with E-state index >= 15 is 0 Å². The lowest BCUT2D eigenvalue weighted by Gasteiger charge is -2.11. The number of nitrogens with one attached hydrogen (secondary N) is 2. The number of carbonyl (C=O) groups is 2. The van der Waals surface area contributed by atoms with E-state index in [-0.39, 0.29) is 5.57 Å². The van der Waals surface area contributed by atoms with Gasteiger partial charge in [-0.1, -0.05) is 31.5 Å². The number of anilines is 1. The molecule has 0 aliphatic carbocycles. The molecule has 0 unspecified atom stereocenters. The maximum atomic E-state index is 12.4. The molecule has 0 fully saturated rings. The number of methoxy groups -OCH3 is 2. The quantitative estimate of drug-likeness (QED) is 0.218. The second kappa shape index (κ2) is 13.4. The van der Waals surface area contributed by atoms with Crippen LogP contribution in [0.2, 0.25) is 0 Å². The van der Waals surface area contributed by atoms with Crippen LogP contribution in [0.15, 0.2) is 54.2 Å². The van der Waals surface area contributed by atoms with E-state index in [1.807, 2.05) is 25.1 Å². The highest BCUT2D eigenvalue weighted by molar-refractivity contribution is 5.98. The van der Waals surface area contributed by atoms with Crippen molar-refractivity contribution in [3.05, 3.63) is 65.4 Å². The molecule has 1 amide bonds. The van der Waals surface area contributed by atoms with E-state index in [0.717, 1.165) is 18.4 Å². The Hall–Kier alpha value is -3.99. The number of amides is 1. The van der Waals surface area contributed by atoms with Gasteiger partial charge in [0.25, 0.3) is 5.91 Å². The number of hydrogen-bond donors (Lipinski definition) is 2. The molecule has 0 bridgehead atoms. The molecule has 2 N–H and O–H groups in total. The van der Waals surface area contributed by atoms with Crippen LogP contribution < -0.4 is 20.1 Å². The number of nitrogens with zero attached hydrogens (tertiary/aromatic N) is 1. The fourth-order valence-corrected chi connectivity index (χ4v) is 2.92. The van der Waals surface area contributed by atoms with Crippen molar-refractivity contribution >= 4 is 17.6 Å². The zero-order valence-corrected chi connectivity index (χ0v) is 19.1. The summed E-state index contributed by atoms with van der Waals surface area (Å²) in [6, 6.07) is 14.2. The molecule has 8 nitrogen and oxygen atoms in total. The number of benzene rings is 2. The summed E-state index contributed by atoms with van der Waals surface area (Å²) in [7, 11) is 3.12. The van der Waals surface area contributed by atoms with Gasteiger partial charge in [-0.05, 0) is 42.7 Å². The van der Waals surface area contributed by atoms with Gasteiger partial charge in [0.1, 0.15) is 11.6 Å². The lowest BCUT2D eigenvalue weighted by Crippen LogP contribution is -2.27. The molecule has 0 saturated carbocycles. The molecular weight excluding hydrogens is 422 g/mol. The maximum absolute atomic E-state index is 12.4. The monoisotopic (exact) mass is 451 g/mol. The van der Waals surface area contributed by atoms with Gasteiger partial charge in [0, 0.05) is 12.7 Å². The first-order valence-corrected chi connectivity index (χ1v) is 10.7. The Kier molecular flexibility index (Phi) is 10.3. The normalized spacial score (nSPS) is 10.7. The number of esters is 1. The molecule has 33 heavy (non-hydrogen) atoms. The van der Waals surface area contributed by atoms with Gasteiger partial charge in [-0.2, -0.15) is 5.26 Å². The molecule has 0 aliphatic rings. The van der Waals surface area contributed by atoms with Crippen molar-refractivity contribution < 1.29 is 23.8 Å². The Balaban J connectivity index is 1.97. The van der Waals surface area contributed by atoms with E-state index < -0.39 is 11.9 Å². The minimum absolute atomic E-state index is 0.114. The van der Waals surface area contributed by atoms with Crippen LogP contribution in [0.4, 0.5) is 5.69 Å². The molecule has 0 heterocycles. The molecule has 0 atom stereocenters. The minimum atomic E-state index is -0.520. The van der Waals surface area contributed by atoms with E-state index in [9.17, 15) is 14.9 Å². The highest BCUT2D eigenvalue weighted by Crippen LogP contribution is 2.27. The van der Waals surface area contributed by atoms with Gasteiger partial charge < -0.3 is 24.8 Å². The van der Waals surface area contributed by atoms with Gasteiger partial charge in [0.15, 0.2) is 11.5 Å². The summed E-state index contributed by atoms with van der Waals surface area (Å²) < 4.78 is 15.8. The van der Waals surface area contributed by atoms with Gasteiger partial charge in [0.05, 0.1) is 32.1 Å². The van der Waals surface area contributed by atoms with Crippen molar-refractivity contribution in [1.82, 2.24) is 5.32 Å². The predicted octanol–water partition coefficient (Wildman–Crippen LogP) is 3.84. The third-order valence-electron chi connectivity index (χ3n) is 4.76. The summed E-state index contributed by atoms with van der Waals surface area (Å²) in [5.74, 6) is 0.252. The van der Waals surface area contributed by atoms with Gasteiger partial charge in [-0.15, -0.1) is 0 Å². The Morgan fingerprint density at radius 3 is 2.55 bits per heavy atom. The molecule has 0 spiro atoms. The molecule has 8 heteroatoms. The third kappa shape index (κ3) is 7.58. The summed E-state index contributed by atoms with van der Waals surface area (Å²) in [4.78, 5) is 24.7. The van der Waals surface area contributed by atoms with Crippen LogP contribution >= 0.6 is 0 Å². The number of rotatable bonds is 12. The Morgan fingerprint density at radius 1 is 1.09 bits per heavy atom. The maximum Gasteiger partial charge on any atom is 0.340 e. The average molecular weight is 452 g/mol. The number of unbranched alkanes of at least 4 members (excludes halogenated alkanes) is 1. The summed E-state index contributed by atoms with van der Waals surface area (Å²) in [6.45, 7) is 2.68. The third-order valence-corrected chi connectivity index (χ3v) is 4.76. The summed E-state index contributed by atoms with van der Waals surface area (Å²) in [5.41, 5.74) is 1.61. The van der Waals surface area contributed by atoms with Crippen LogP contribution in [0.5, 0.6) is 11.5 Å². The van der Waals surface area contributed by atoms with Gasteiger partial charge in [-0.25, -0.2) is 4.79 Å². The standard InChI is InChI=1S/C25H29N3O5/c1-4-5-14-33-25(30)20-8-6-7-9-21(20)28-17-19(16-26)24(29)27-13-12-18-10-11-22(31-2)23(15-18)32-3/h6-11,15,17,28H,4-5,12-14H2,1-3H3,(H,27,29)/b19-17-. The van der Waals surface area contributed by atoms with Gasteiger partial charge in [-0.3, -0.25) is 4.79 Å². The van der Waals surface area contributed by atoms with Crippen molar-refractivity contribution in [1.29, 1.82) is 5.26 Å². The van der Waals surface area contributed by atoms with E-state index in [0.29, 0.717) is 42.3 Å². The lowest BCUT2D eigenvalue weighted by molar-refractivity contribution is -0.117. The van der Waals surface area contributed by atoms with Crippen molar-refractivity contribution in [2.75, 3.05) is 32.7 Å². The minimum Gasteiger partial charge on any atom is -0.493 e. The van der Waals surface area contributed by atoms with Crippen LogP contribution in [-0.2, 0) is 16.0 Å². The molecule has 0 aromatic heterocycles. The fraction of sp³-hybridized carbons (Fsp3) is 0.320. The molecule has 2 aromatic rings. The van der Waals surface area contributed by atoms with Crippen molar-refractivity contribution in [3.63, 3.8) is 0 Å². The number of hydrogen-bond acceptors (Lipinski definition) is 7. The summed E-state index contributed by atoms with van der Waals surface area (Å²) in [6.07, 6.45) is 3.53. The predicted molar refractivity (Wildman–Crippen MR) is 125 cm³/mol. The van der Waals surface area contributed by atoms with E-state index in [1.165, 1.54) is 6.20 Å². The second-order valence-electron chi connectivity index (χ2n) is 7.04. The topological polar surface area (TPSA) is 110 Å². The van der Waals surface area contributed by atoms with Crippen LogP contribution in [0.25, 0.3) is 0 Å². The van der Waals surface area contributed by atoms with Crippen LogP contribution in [0.3, 0.4) is 0 Å². The largest absolute Gasteiger partial charge is 0.493 e. The van der Waals surface area contributed by atoms with Crippen molar-refractivity contribution in [2.45, 2.75) is 26.2 Å². The van der Waals surface area contributed by atoms with Crippen LogP contribution in [0.1, 0.15) is 35.7 Å². The molecule has 2 rings (SSSR count). The Bertz CT molecular complexity index is 1030. The van der Waals surface area contributed by atoms with Crippen LogP contribution in [0, 0.1) is 11.3 Å². The summed E-state index contributed by atoms with van der Waals surface area (Å²) in [5, 5.41) is 15.0. The second-order valence-corrected chi connectivity index (χ2v) is 7.04. The first-order chi connectivity index (χ1) is 16.0. The Labute approximate surface area is 194 Å². The summed E-state index contributed by atoms with van der Waals surface area (Å²) >= 11 is 0. The van der Waals surface area contributed by atoms with Crippen LogP contribution in [-0.4, -0.2) is 39.2 Å². The fourth-order valence-electron chi connectivity index (χ4n) is 2.92. The van der Waals surface area contributed by atoms with E-state index in [1.54, 1.807) is 44.6 Å². The highest BCUT2D eigenvalue weighted by Gasteiger charge is 2.13. The van der Waals surface area contributed by atoms with Crippen molar-refractivity contribution in [2.24, 2.45) is 0 Å². The van der Waals surface area contributed by atoms with E-state index in [4.69, 9.17) is 14.2 Å². The molecule has 2 aromatic carbocycles. The smallest absolute Gasteiger partial charge is 0.340 e. The first-order valence-electron chi connectivity index (χ1n) is 10.7. The first kappa shape index (κ1) is 25.3. The molecular formula is C25H29N3O5. The number of para-hydroxylation sites is 1. The van der Waals surface area contributed by atoms with Gasteiger partial charge in [0.2, 0.25) is 0 Å².